The Morgan fingerprint density at radius 1 is 1.38 bits per heavy atom. The number of nitrogens with two attached hydrogens (primary N) is 1. The third-order valence-corrected chi connectivity index (χ3v) is 3.34. The predicted molar refractivity (Wildman–Crippen MR) is 53.5 cm³/mol. The van der Waals surface area contributed by atoms with Gasteiger partial charge in [0.25, 0.3) is 0 Å². The molecule has 1 saturated carbocycles. The van der Waals surface area contributed by atoms with Gasteiger partial charge in [0.1, 0.15) is 0 Å². The van der Waals surface area contributed by atoms with E-state index in [-0.39, 0.29) is 11.1 Å². The summed E-state index contributed by atoms with van der Waals surface area (Å²) in [6.45, 7) is 3.70. The van der Waals surface area contributed by atoms with Crippen LogP contribution in [0.3, 0.4) is 0 Å². The fraction of sp³-hybridized carbons (Fsp3) is 0.545. The van der Waals surface area contributed by atoms with Crippen molar-refractivity contribution in [2.45, 2.75) is 32.0 Å². The first-order valence-corrected chi connectivity index (χ1v) is 5.00. The number of pyridine rings is 1. The Labute approximate surface area is 91.7 Å². The lowest BCUT2D eigenvalue weighted by atomic mass is 9.97. The Kier molecular flexibility index (Phi) is 2.11. The van der Waals surface area contributed by atoms with Crippen molar-refractivity contribution in [2.24, 2.45) is 11.1 Å². The van der Waals surface area contributed by atoms with E-state index in [4.69, 9.17) is 5.73 Å². The van der Waals surface area contributed by atoms with Gasteiger partial charge in [0.05, 0.1) is 16.8 Å². The first kappa shape index (κ1) is 11.4. The number of hydrogen-bond acceptors (Lipinski definition) is 2. The SMILES string of the molecule is CC1(C)CC1(N)c1ncccc1C(F)(F)F. The summed E-state index contributed by atoms with van der Waals surface area (Å²) in [6, 6.07) is 2.32. The van der Waals surface area contributed by atoms with Crippen LogP contribution in [0.15, 0.2) is 18.3 Å². The highest BCUT2D eigenvalue weighted by Gasteiger charge is 2.62. The van der Waals surface area contributed by atoms with Crippen LogP contribution in [-0.4, -0.2) is 4.98 Å². The molecule has 16 heavy (non-hydrogen) atoms. The number of alkyl halides is 3. The van der Waals surface area contributed by atoms with Gasteiger partial charge >= 0.3 is 6.18 Å². The van der Waals surface area contributed by atoms with Crippen LogP contribution in [0, 0.1) is 5.41 Å². The summed E-state index contributed by atoms with van der Waals surface area (Å²) in [6.07, 6.45) is -2.51. The lowest BCUT2D eigenvalue weighted by molar-refractivity contribution is -0.138. The highest BCUT2D eigenvalue weighted by Crippen LogP contribution is 2.61. The first-order chi connectivity index (χ1) is 7.18. The molecule has 0 aliphatic heterocycles. The molecule has 1 aromatic rings. The van der Waals surface area contributed by atoms with Crippen molar-refractivity contribution < 1.29 is 13.2 Å². The first-order valence-electron chi connectivity index (χ1n) is 5.00. The van der Waals surface area contributed by atoms with Crippen LogP contribution in [0.1, 0.15) is 31.5 Å². The van der Waals surface area contributed by atoms with Gasteiger partial charge in [-0.3, -0.25) is 4.98 Å². The van der Waals surface area contributed by atoms with Gasteiger partial charge in [0, 0.05) is 6.20 Å². The third kappa shape index (κ3) is 1.50. The molecule has 1 atom stereocenters. The van der Waals surface area contributed by atoms with Crippen LogP contribution in [0.5, 0.6) is 0 Å². The molecule has 0 aromatic carbocycles. The summed E-state index contributed by atoms with van der Waals surface area (Å²) >= 11 is 0. The number of aromatic nitrogens is 1. The van der Waals surface area contributed by atoms with Crippen molar-refractivity contribution in [1.29, 1.82) is 0 Å². The second-order valence-corrected chi connectivity index (χ2v) is 4.93. The van der Waals surface area contributed by atoms with E-state index < -0.39 is 17.3 Å². The van der Waals surface area contributed by atoms with E-state index in [1.807, 2.05) is 13.8 Å². The normalized spacial score (nSPS) is 27.9. The average molecular weight is 230 g/mol. The number of rotatable bonds is 1. The summed E-state index contributed by atoms with van der Waals surface area (Å²) in [5.41, 5.74) is 3.96. The molecule has 1 aliphatic carbocycles. The maximum absolute atomic E-state index is 12.8. The molecule has 5 heteroatoms. The third-order valence-electron chi connectivity index (χ3n) is 3.34. The van der Waals surface area contributed by atoms with E-state index in [9.17, 15) is 13.2 Å². The maximum atomic E-state index is 12.8. The van der Waals surface area contributed by atoms with Crippen molar-refractivity contribution in [2.75, 3.05) is 0 Å². The molecular formula is C11H13F3N2. The van der Waals surface area contributed by atoms with Crippen molar-refractivity contribution in [3.05, 3.63) is 29.6 Å². The monoisotopic (exact) mass is 230 g/mol. The van der Waals surface area contributed by atoms with Crippen LogP contribution in [-0.2, 0) is 11.7 Å². The Bertz CT molecular complexity index is 425. The van der Waals surface area contributed by atoms with Gasteiger partial charge in [-0.25, -0.2) is 0 Å². The molecule has 2 N–H and O–H groups in total. The second-order valence-electron chi connectivity index (χ2n) is 4.93. The molecule has 1 fully saturated rings. The minimum atomic E-state index is -4.39. The van der Waals surface area contributed by atoms with Crippen molar-refractivity contribution in [3.63, 3.8) is 0 Å². The lowest BCUT2D eigenvalue weighted by Crippen LogP contribution is -2.30. The summed E-state index contributed by atoms with van der Waals surface area (Å²) in [5.74, 6) is 0. The lowest BCUT2D eigenvalue weighted by Gasteiger charge is -2.19. The van der Waals surface area contributed by atoms with E-state index >= 15 is 0 Å². The number of hydrogen-bond donors (Lipinski definition) is 1. The molecule has 2 nitrogen and oxygen atoms in total. The van der Waals surface area contributed by atoms with Gasteiger partial charge in [-0.1, -0.05) is 13.8 Å². The van der Waals surface area contributed by atoms with Gasteiger partial charge < -0.3 is 5.73 Å². The van der Waals surface area contributed by atoms with Crippen LogP contribution in [0.25, 0.3) is 0 Å². The molecule has 0 amide bonds. The summed E-state index contributed by atoms with van der Waals surface area (Å²) in [4.78, 5) is 3.83. The van der Waals surface area contributed by atoms with E-state index in [0.29, 0.717) is 6.42 Å². The van der Waals surface area contributed by atoms with E-state index in [2.05, 4.69) is 4.98 Å². The quantitative estimate of drug-likeness (QED) is 0.805. The van der Waals surface area contributed by atoms with Crippen molar-refractivity contribution >= 4 is 0 Å². The van der Waals surface area contributed by atoms with Crippen molar-refractivity contribution in [3.8, 4) is 0 Å². The number of halogens is 3. The minimum absolute atomic E-state index is 0.0347. The standard InChI is InChI=1S/C11H13F3N2/c1-9(2)6-10(9,15)8-7(11(12,13)14)4-3-5-16-8/h3-5H,6,15H2,1-2H3. The van der Waals surface area contributed by atoms with Crippen LogP contribution >= 0.6 is 0 Å². The van der Waals surface area contributed by atoms with Crippen molar-refractivity contribution in [1.82, 2.24) is 4.98 Å². The fourth-order valence-electron chi connectivity index (χ4n) is 2.05. The Hall–Kier alpha value is -1.10. The Morgan fingerprint density at radius 3 is 2.38 bits per heavy atom. The molecule has 1 unspecified atom stereocenters. The Balaban J connectivity index is 2.52. The minimum Gasteiger partial charge on any atom is -0.320 e. The molecule has 1 aliphatic rings. The maximum Gasteiger partial charge on any atom is 0.418 e. The number of nitrogens with zero attached hydrogens (tertiary/aromatic N) is 1. The van der Waals surface area contributed by atoms with Gasteiger partial charge in [0.15, 0.2) is 0 Å². The van der Waals surface area contributed by atoms with E-state index in [1.54, 1.807) is 0 Å². The highest BCUT2D eigenvalue weighted by atomic mass is 19.4. The van der Waals surface area contributed by atoms with E-state index in [1.165, 1.54) is 12.3 Å². The summed E-state index contributed by atoms with van der Waals surface area (Å²) < 4.78 is 38.3. The van der Waals surface area contributed by atoms with E-state index in [0.717, 1.165) is 6.07 Å². The zero-order valence-corrected chi connectivity index (χ0v) is 9.10. The molecule has 1 aromatic heterocycles. The topological polar surface area (TPSA) is 38.9 Å². The molecular weight excluding hydrogens is 217 g/mol. The van der Waals surface area contributed by atoms with Gasteiger partial charge in [-0.05, 0) is 24.0 Å². The smallest absolute Gasteiger partial charge is 0.320 e. The zero-order valence-electron chi connectivity index (χ0n) is 9.10. The zero-order chi connectivity index (χ0) is 12.2. The molecule has 0 saturated heterocycles. The van der Waals surface area contributed by atoms with Crippen LogP contribution < -0.4 is 5.73 Å². The van der Waals surface area contributed by atoms with Gasteiger partial charge in [-0.2, -0.15) is 13.2 Å². The van der Waals surface area contributed by atoms with Crippen LogP contribution in [0.2, 0.25) is 0 Å². The van der Waals surface area contributed by atoms with Gasteiger partial charge in [-0.15, -0.1) is 0 Å². The molecule has 0 bridgehead atoms. The molecule has 88 valence electrons. The summed E-state index contributed by atoms with van der Waals surface area (Å²) in [7, 11) is 0. The highest BCUT2D eigenvalue weighted by molar-refractivity contribution is 5.37. The molecule has 0 spiro atoms. The second kappa shape index (κ2) is 2.97. The van der Waals surface area contributed by atoms with Crippen LogP contribution in [0.4, 0.5) is 13.2 Å². The fourth-order valence-corrected chi connectivity index (χ4v) is 2.05. The molecule has 0 radical (unpaired) electrons. The Morgan fingerprint density at radius 2 is 1.94 bits per heavy atom. The average Bonchev–Trinajstić information content (AvgIpc) is 2.66. The summed E-state index contributed by atoms with van der Waals surface area (Å²) in [5, 5.41) is 0. The molecule has 2 rings (SSSR count). The van der Waals surface area contributed by atoms with Gasteiger partial charge in [0.2, 0.25) is 0 Å². The largest absolute Gasteiger partial charge is 0.418 e. The predicted octanol–water partition coefficient (Wildman–Crippen LogP) is 2.68. The molecule has 1 heterocycles.